The first-order valence-corrected chi connectivity index (χ1v) is 5.68. The lowest BCUT2D eigenvalue weighted by atomic mass is 10.0. The second-order valence-corrected chi connectivity index (χ2v) is 4.11. The molecule has 0 bridgehead atoms. The molecule has 0 N–H and O–H groups in total. The maximum absolute atomic E-state index is 2.60. The Morgan fingerprint density at radius 3 is 2.79 bits per heavy atom. The maximum atomic E-state index is 2.60. The quantitative estimate of drug-likeness (QED) is 0.706. The zero-order valence-electron chi connectivity index (χ0n) is 8.95. The largest absolute Gasteiger partial charge is 0.300 e. The van der Waals surface area contributed by atoms with Gasteiger partial charge in [0.15, 0.2) is 0 Å². The van der Waals surface area contributed by atoms with Crippen LogP contribution in [0.15, 0.2) is 30.3 Å². The van der Waals surface area contributed by atoms with Gasteiger partial charge in [0, 0.05) is 6.04 Å². The van der Waals surface area contributed by atoms with Crippen LogP contribution in [0.5, 0.6) is 0 Å². The Morgan fingerprint density at radius 2 is 2.07 bits per heavy atom. The smallest absolute Gasteiger partial charge is 0.0136 e. The van der Waals surface area contributed by atoms with Crippen LogP contribution >= 0.6 is 0 Å². The summed E-state index contributed by atoms with van der Waals surface area (Å²) >= 11 is 0. The first kappa shape index (κ1) is 9.72. The van der Waals surface area contributed by atoms with Crippen molar-refractivity contribution in [3.63, 3.8) is 0 Å². The highest BCUT2D eigenvalue weighted by Crippen LogP contribution is 2.20. The summed E-state index contributed by atoms with van der Waals surface area (Å²) in [6, 6.07) is 11.7. The van der Waals surface area contributed by atoms with Gasteiger partial charge in [0.1, 0.15) is 0 Å². The van der Waals surface area contributed by atoms with Gasteiger partial charge in [-0.25, -0.2) is 0 Å². The third-order valence-electron chi connectivity index (χ3n) is 3.22. The Labute approximate surface area is 86.7 Å². The Bertz CT molecular complexity index is 268. The molecule has 0 spiro atoms. The summed E-state index contributed by atoms with van der Waals surface area (Å²) in [6.45, 7) is 4.77. The van der Waals surface area contributed by atoms with Gasteiger partial charge in [-0.1, -0.05) is 37.3 Å². The van der Waals surface area contributed by atoms with E-state index in [0.717, 1.165) is 6.04 Å². The van der Waals surface area contributed by atoms with E-state index in [9.17, 15) is 0 Å². The number of benzene rings is 1. The van der Waals surface area contributed by atoms with E-state index in [2.05, 4.69) is 42.2 Å². The predicted octanol–water partition coefficient (Wildman–Crippen LogP) is 2.71. The van der Waals surface area contributed by atoms with Gasteiger partial charge >= 0.3 is 0 Å². The van der Waals surface area contributed by atoms with Gasteiger partial charge in [-0.2, -0.15) is 0 Å². The van der Waals surface area contributed by atoms with Gasteiger partial charge in [0.05, 0.1) is 0 Å². The fourth-order valence-corrected chi connectivity index (χ4v) is 2.43. The van der Waals surface area contributed by atoms with Crippen LogP contribution in [0.25, 0.3) is 0 Å². The van der Waals surface area contributed by atoms with Gasteiger partial charge in [0.25, 0.3) is 0 Å². The normalized spacial score (nSPS) is 22.8. The minimum Gasteiger partial charge on any atom is -0.300 e. The molecule has 1 aromatic carbocycles. The van der Waals surface area contributed by atoms with Gasteiger partial charge in [-0.15, -0.1) is 0 Å². The van der Waals surface area contributed by atoms with Crippen LogP contribution in [0.4, 0.5) is 0 Å². The molecule has 1 fully saturated rings. The molecule has 0 saturated carbocycles. The fourth-order valence-electron chi connectivity index (χ4n) is 2.43. The lowest BCUT2D eigenvalue weighted by molar-refractivity contribution is 0.266. The molecule has 0 aliphatic carbocycles. The zero-order chi connectivity index (χ0) is 9.80. The Balaban J connectivity index is 1.97. The van der Waals surface area contributed by atoms with E-state index in [0.29, 0.717) is 0 Å². The van der Waals surface area contributed by atoms with Gasteiger partial charge in [0.2, 0.25) is 0 Å². The molecule has 76 valence electrons. The highest BCUT2D eigenvalue weighted by Gasteiger charge is 2.22. The number of hydrogen-bond donors (Lipinski definition) is 0. The highest BCUT2D eigenvalue weighted by atomic mass is 15.2. The third-order valence-corrected chi connectivity index (χ3v) is 3.22. The molecule has 1 aromatic rings. The molecule has 1 heterocycles. The van der Waals surface area contributed by atoms with Gasteiger partial charge in [-0.05, 0) is 37.9 Å². The summed E-state index contributed by atoms with van der Waals surface area (Å²) in [5, 5.41) is 0. The number of likely N-dealkylation sites (N-methyl/N-ethyl adjacent to an activating group) is 1. The molecule has 1 aliphatic heterocycles. The molecule has 0 radical (unpaired) electrons. The highest BCUT2D eigenvalue weighted by molar-refractivity contribution is 5.16. The van der Waals surface area contributed by atoms with Crippen molar-refractivity contribution >= 4 is 0 Å². The zero-order valence-corrected chi connectivity index (χ0v) is 8.95. The summed E-state index contributed by atoms with van der Waals surface area (Å²) in [7, 11) is 0. The molecule has 1 saturated heterocycles. The second-order valence-electron chi connectivity index (χ2n) is 4.11. The molecule has 2 rings (SSSR count). The predicted molar refractivity (Wildman–Crippen MR) is 60.4 cm³/mol. The summed E-state index contributed by atoms with van der Waals surface area (Å²) in [4.78, 5) is 2.60. The third kappa shape index (κ3) is 2.16. The molecular formula is C13H19N. The summed E-state index contributed by atoms with van der Waals surface area (Å²) in [5.74, 6) is 0. The topological polar surface area (TPSA) is 3.24 Å². The molecule has 0 aromatic heterocycles. The van der Waals surface area contributed by atoms with E-state index in [1.54, 1.807) is 0 Å². The van der Waals surface area contributed by atoms with Crippen LogP contribution in [0.1, 0.15) is 25.3 Å². The Kier molecular flexibility index (Phi) is 3.20. The van der Waals surface area contributed by atoms with E-state index in [4.69, 9.17) is 0 Å². The average Bonchev–Trinajstić information content (AvgIpc) is 2.67. The van der Waals surface area contributed by atoms with E-state index in [-0.39, 0.29) is 0 Å². The monoisotopic (exact) mass is 189 g/mol. The second kappa shape index (κ2) is 4.61. The van der Waals surface area contributed by atoms with Crippen LogP contribution < -0.4 is 0 Å². The summed E-state index contributed by atoms with van der Waals surface area (Å²) in [6.07, 6.45) is 3.99. The lowest BCUT2D eigenvalue weighted by Gasteiger charge is -2.22. The van der Waals surface area contributed by atoms with Crippen LogP contribution in [-0.2, 0) is 6.42 Å². The van der Waals surface area contributed by atoms with Crippen molar-refractivity contribution in [3.8, 4) is 0 Å². The van der Waals surface area contributed by atoms with E-state index >= 15 is 0 Å². The van der Waals surface area contributed by atoms with Crippen molar-refractivity contribution in [1.29, 1.82) is 0 Å². The van der Waals surface area contributed by atoms with Crippen molar-refractivity contribution in [2.75, 3.05) is 13.1 Å². The van der Waals surface area contributed by atoms with Crippen LogP contribution in [0.2, 0.25) is 0 Å². The Hall–Kier alpha value is -0.820. The molecule has 0 unspecified atom stereocenters. The van der Waals surface area contributed by atoms with Crippen LogP contribution in [-0.4, -0.2) is 24.0 Å². The number of likely N-dealkylation sites (tertiary alicyclic amines) is 1. The first-order valence-electron chi connectivity index (χ1n) is 5.68. The average molecular weight is 189 g/mol. The number of hydrogen-bond acceptors (Lipinski definition) is 1. The van der Waals surface area contributed by atoms with Crippen molar-refractivity contribution < 1.29 is 0 Å². The standard InChI is InChI=1S/C13H19N/c1-2-14-10-6-9-13(14)11-12-7-4-3-5-8-12/h3-5,7-8,13H,2,6,9-11H2,1H3/t13-/m0/s1. The maximum Gasteiger partial charge on any atom is 0.0136 e. The molecule has 1 aliphatic rings. The van der Waals surface area contributed by atoms with E-state index in [1.165, 1.54) is 37.9 Å². The van der Waals surface area contributed by atoms with Gasteiger partial charge in [-0.3, -0.25) is 0 Å². The van der Waals surface area contributed by atoms with Crippen molar-refractivity contribution in [3.05, 3.63) is 35.9 Å². The van der Waals surface area contributed by atoms with E-state index < -0.39 is 0 Å². The minimum absolute atomic E-state index is 0.794. The van der Waals surface area contributed by atoms with Gasteiger partial charge < -0.3 is 4.90 Å². The summed E-state index contributed by atoms with van der Waals surface area (Å²) in [5.41, 5.74) is 1.48. The molecule has 1 heteroatoms. The molecule has 1 nitrogen and oxygen atoms in total. The molecule has 14 heavy (non-hydrogen) atoms. The van der Waals surface area contributed by atoms with Crippen LogP contribution in [0, 0.1) is 0 Å². The van der Waals surface area contributed by atoms with Crippen molar-refractivity contribution in [1.82, 2.24) is 4.90 Å². The summed E-state index contributed by atoms with van der Waals surface area (Å²) < 4.78 is 0. The SMILES string of the molecule is CCN1CCC[C@H]1Cc1ccccc1. The van der Waals surface area contributed by atoms with Crippen LogP contribution in [0.3, 0.4) is 0 Å². The van der Waals surface area contributed by atoms with Crippen molar-refractivity contribution in [2.45, 2.75) is 32.2 Å². The first-order chi connectivity index (χ1) is 6.90. The Morgan fingerprint density at radius 1 is 1.29 bits per heavy atom. The molecule has 1 atom stereocenters. The number of nitrogens with zero attached hydrogens (tertiary/aromatic N) is 1. The number of rotatable bonds is 3. The minimum atomic E-state index is 0.794. The molecule has 0 amide bonds. The lowest BCUT2D eigenvalue weighted by Crippen LogP contribution is -2.30. The fraction of sp³-hybridized carbons (Fsp3) is 0.538. The van der Waals surface area contributed by atoms with Crippen molar-refractivity contribution in [2.24, 2.45) is 0 Å². The molecular weight excluding hydrogens is 170 g/mol. The van der Waals surface area contributed by atoms with E-state index in [1.807, 2.05) is 0 Å².